The lowest BCUT2D eigenvalue weighted by atomic mass is 9.99. The molecule has 0 radical (unpaired) electrons. The number of rotatable bonds is 4. The molecule has 0 unspecified atom stereocenters. The standard InChI is InChI=1S/C25H20FN5O3/c1-2-34-25(33)29-23-12-21-22(28-23)11-15(13-27-21)18-9-14(7-8-19(18)26)10-20-16-5-3-4-6-17(16)24(32)31-30-20/h3-9,11,13H,2,10,12H2,1H3,(H,31,32)(H,28,29,33). The van der Waals surface area contributed by atoms with Gasteiger partial charge in [-0.1, -0.05) is 24.3 Å². The summed E-state index contributed by atoms with van der Waals surface area (Å²) in [6, 6.07) is 13.8. The number of hydrogen-bond acceptors (Lipinski definition) is 6. The molecule has 3 heterocycles. The number of nitrogens with one attached hydrogen (secondary N) is 2. The van der Waals surface area contributed by atoms with E-state index in [-0.39, 0.29) is 12.2 Å². The van der Waals surface area contributed by atoms with Gasteiger partial charge in [-0.15, -0.1) is 0 Å². The maximum absolute atomic E-state index is 14.8. The molecule has 2 N–H and O–H groups in total. The zero-order valence-electron chi connectivity index (χ0n) is 18.3. The quantitative estimate of drug-likeness (QED) is 0.481. The molecule has 4 aromatic rings. The van der Waals surface area contributed by atoms with Crippen molar-refractivity contribution < 1.29 is 13.9 Å². The molecule has 9 heteroatoms. The van der Waals surface area contributed by atoms with Crippen LogP contribution in [-0.4, -0.2) is 33.7 Å². The van der Waals surface area contributed by atoms with Gasteiger partial charge in [0.05, 0.1) is 35.5 Å². The summed E-state index contributed by atoms with van der Waals surface area (Å²) < 4.78 is 19.7. The van der Waals surface area contributed by atoms with Gasteiger partial charge in [-0.25, -0.2) is 19.3 Å². The molecule has 0 bridgehead atoms. The van der Waals surface area contributed by atoms with Crippen molar-refractivity contribution in [3.05, 3.63) is 87.9 Å². The van der Waals surface area contributed by atoms with Gasteiger partial charge in [-0.2, -0.15) is 5.10 Å². The monoisotopic (exact) mass is 457 g/mol. The fourth-order valence-electron chi connectivity index (χ4n) is 3.97. The first-order valence-corrected chi connectivity index (χ1v) is 10.8. The van der Waals surface area contributed by atoms with Crippen molar-refractivity contribution in [1.29, 1.82) is 0 Å². The minimum absolute atomic E-state index is 0.249. The van der Waals surface area contributed by atoms with E-state index in [2.05, 4.69) is 25.5 Å². The molecule has 0 atom stereocenters. The van der Waals surface area contributed by atoms with Crippen LogP contribution in [0.2, 0.25) is 0 Å². The molecule has 0 fully saturated rings. The molecule has 0 aliphatic carbocycles. The Hall–Kier alpha value is -4.40. The fraction of sp³-hybridized carbons (Fsp3) is 0.160. The second kappa shape index (κ2) is 8.86. The number of amides is 1. The largest absolute Gasteiger partial charge is 0.450 e. The molecule has 1 aliphatic heterocycles. The average molecular weight is 457 g/mol. The van der Waals surface area contributed by atoms with Crippen LogP contribution in [0, 0.1) is 5.82 Å². The van der Waals surface area contributed by atoms with E-state index in [0.29, 0.717) is 52.3 Å². The van der Waals surface area contributed by atoms with Gasteiger partial charge in [0.15, 0.2) is 0 Å². The van der Waals surface area contributed by atoms with E-state index in [1.807, 2.05) is 12.1 Å². The molecule has 1 amide bonds. The Labute approximate surface area is 193 Å². The normalized spacial score (nSPS) is 12.4. The minimum Gasteiger partial charge on any atom is -0.450 e. The number of pyridine rings is 1. The summed E-state index contributed by atoms with van der Waals surface area (Å²) in [5, 5.41) is 10.7. The molecule has 0 saturated heterocycles. The maximum Gasteiger partial charge on any atom is 0.412 e. The van der Waals surface area contributed by atoms with Crippen LogP contribution in [0.3, 0.4) is 0 Å². The van der Waals surface area contributed by atoms with Crippen LogP contribution in [0.1, 0.15) is 23.9 Å². The lowest BCUT2D eigenvalue weighted by Gasteiger charge is -2.09. The summed E-state index contributed by atoms with van der Waals surface area (Å²) in [6.45, 7) is 1.98. The fourth-order valence-corrected chi connectivity index (χ4v) is 3.97. The number of amidine groups is 1. The summed E-state index contributed by atoms with van der Waals surface area (Å²) >= 11 is 0. The Morgan fingerprint density at radius 1 is 1.18 bits per heavy atom. The second-order valence-electron chi connectivity index (χ2n) is 7.81. The number of aromatic amines is 1. The van der Waals surface area contributed by atoms with Gasteiger partial charge in [-0.05, 0) is 36.8 Å². The third kappa shape index (κ3) is 4.15. The van der Waals surface area contributed by atoms with Crippen molar-refractivity contribution in [2.45, 2.75) is 19.8 Å². The van der Waals surface area contributed by atoms with Gasteiger partial charge in [-0.3, -0.25) is 15.1 Å². The Balaban J connectivity index is 1.45. The van der Waals surface area contributed by atoms with E-state index in [1.54, 1.807) is 43.5 Å². The number of nitrogens with zero attached hydrogens (tertiary/aromatic N) is 3. The van der Waals surface area contributed by atoms with Crippen LogP contribution in [0.5, 0.6) is 0 Å². The molecule has 0 saturated carbocycles. The summed E-state index contributed by atoms with van der Waals surface area (Å²) in [4.78, 5) is 32.5. The molecular formula is C25H20FN5O3. The molecule has 0 spiro atoms. The van der Waals surface area contributed by atoms with E-state index in [4.69, 9.17) is 4.74 Å². The van der Waals surface area contributed by atoms with Crippen molar-refractivity contribution in [2.75, 3.05) is 6.61 Å². The topological polar surface area (TPSA) is 109 Å². The summed E-state index contributed by atoms with van der Waals surface area (Å²) in [6.07, 6.45) is 1.80. The predicted molar refractivity (Wildman–Crippen MR) is 126 cm³/mol. The Morgan fingerprint density at radius 3 is 2.82 bits per heavy atom. The highest BCUT2D eigenvalue weighted by Crippen LogP contribution is 2.32. The minimum atomic E-state index is -0.573. The number of carbonyl (C=O) groups excluding carboxylic acids is 1. The Morgan fingerprint density at radius 2 is 2.00 bits per heavy atom. The molecular weight excluding hydrogens is 437 g/mol. The van der Waals surface area contributed by atoms with Crippen LogP contribution in [-0.2, 0) is 17.6 Å². The number of ether oxygens (including phenoxy) is 1. The molecule has 34 heavy (non-hydrogen) atoms. The summed E-state index contributed by atoms with van der Waals surface area (Å²) in [5.41, 5.74) is 3.48. The number of aliphatic imine (C=N–C) groups is 1. The number of carbonyl (C=O) groups is 1. The first-order valence-electron chi connectivity index (χ1n) is 10.8. The zero-order chi connectivity index (χ0) is 23.7. The Kier molecular flexibility index (Phi) is 5.59. The van der Waals surface area contributed by atoms with Crippen LogP contribution >= 0.6 is 0 Å². The van der Waals surface area contributed by atoms with E-state index in [1.165, 1.54) is 6.07 Å². The number of hydrogen-bond donors (Lipinski definition) is 2. The average Bonchev–Trinajstić information content (AvgIpc) is 3.23. The maximum atomic E-state index is 14.8. The lowest BCUT2D eigenvalue weighted by Crippen LogP contribution is -2.31. The third-order valence-electron chi connectivity index (χ3n) is 5.55. The molecule has 1 aliphatic rings. The predicted octanol–water partition coefficient (Wildman–Crippen LogP) is 4.05. The number of alkyl carbamates (subject to hydrolysis) is 1. The van der Waals surface area contributed by atoms with Gasteiger partial charge in [0.1, 0.15) is 11.7 Å². The SMILES string of the molecule is CCOC(=O)NC1=Nc2cc(-c3cc(Cc4n[nH]c(=O)c5ccccc45)ccc3F)cnc2C1. The number of benzene rings is 2. The molecule has 2 aromatic heterocycles. The van der Waals surface area contributed by atoms with Gasteiger partial charge < -0.3 is 4.74 Å². The Bertz CT molecular complexity index is 1510. The second-order valence-corrected chi connectivity index (χ2v) is 7.81. The van der Waals surface area contributed by atoms with Crippen LogP contribution in [0.25, 0.3) is 21.9 Å². The lowest BCUT2D eigenvalue weighted by molar-refractivity contribution is 0.157. The van der Waals surface area contributed by atoms with E-state index in [9.17, 15) is 14.0 Å². The van der Waals surface area contributed by atoms with Crippen molar-refractivity contribution in [3.8, 4) is 11.1 Å². The molecule has 5 rings (SSSR count). The number of fused-ring (bicyclic) bond motifs is 2. The van der Waals surface area contributed by atoms with Gasteiger partial charge in [0, 0.05) is 29.1 Å². The van der Waals surface area contributed by atoms with Crippen molar-refractivity contribution in [3.63, 3.8) is 0 Å². The van der Waals surface area contributed by atoms with Gasteiger partial charge in [0.25, 0.3) is 5.56 Å². The van der Waals surface area contributed by atoms with Crippen molar-refractivity contribution >= 4 is 28.4 Å². The number of H-pyrrole nitrogens is 1. The summed E-state index contributed by atoms with van der Waals surface area (Å²) in [5.74, 6) is 0.0416. The zero-order valence-corrected chi connectivity index (χ0v) is 18.3. The first kappa shape index (κ1) is 21.4. The van der Waals surface area contributed by atoms with Gasteiger partial charge >= 0.3 is 6.09 Å². The number of aromatic nitrogens is 3. The third-order valence-corrected chi connectivity index (χ3v) is 5.55. The molecule has 2 aromatic carbocycles. The highest BCUT2D eigenvalue weighted by molar-refractivity contribution is 6.00. The van der Waals surface area contributed by atoms with Crippen molar-refractivity contribution in [1.82, 2.24) is 20.5 Å². The molecule has 170 valence electrons. The first-order chi connectivity index (χ1) is 16.5. The van der Waals surface area contributed by atoms with Crippen molar-refractivity contribution in [2.24, 2.45) is 4.99 Å². The highest BCUT2D eigenvalue weighted by Gasteiger charge is 2.20. The molecule has 8 nitrogen and oxygen atoms in total. The van der Waals surface area contributed by atoms with Crippen LogP contribution in [0.4, 0.5) is 14.9 Å². The van der Waals surface area contributed by atoms with E-state index >= 15 is 0 Å². The van der Waals surface area contributed by atoms with Crippen LogP contribution < -0.4 is 10.9 Å². The van der Waals surface area contributed by atoms with E-state index < -0.39 is 11.9 Å². The van der Waals surface area contributed by atoms with Crippen LogP contribution in [0.15, 0.2) is 64.5 Å². The van der Waals surface area contributed by atoms with Gasteiger partial charge in [0.2, 0.25) is 0 Å². The smallest absolute Gasteiger partial charge is 0.412 e. The highest BCUT2D eigenvalue weighted by atomic mass is 19.1. The number of halogens is 1. The van der Waals surface area contributed by atoms with E-state index in [0.717, 1.165) is 10.9 Å². The summed E-state index contributed by atoms with van der Waals surface area (Å²) in [7, 11) is 0.